The van der Waals surface area contributed by atoms with Crippen LogP contribution in [0.1, 0.15) is 43.2 Å². The van der Waals surface area contributed by atoms with Gasteiger partial charge < -0.3 is 10.1 Å². The molecule has 1 aromatic carbocycles. The number of hydrogen-bond acceptors (Lipinski definition) is 6. The molecule has 1 N–H and O–H groups in total. The van der Waals surface area contributed by atoms with Gasteiger partial charge in [0.2, 0.25) is 23.6 Å². The van der Waals surface area contributed by atoms with E-state index in [1.165, 1.54) is 16.7 Å². The molecule has 7 nitrogen and oxygen atoms in total. The summed E-state index contributed by atoms with van der Waals surface area (Å²) in [4.78, 5) is 44.9. The number of carbonyl (C=O) groups is 3. The number of amides is 3. The van der Waals surface area contributed by atoms with Crippen molar-refractivity contribution >= 4 is 35.2 Å². The number of rotatable bonds is 8. The van der Waals surface area contributed by atoms with Crippen LogP contribution in [0.5, 0.6) is 11.6 Å². The first-order valence-corrected chi connectivity index (χ1v) is 13.2. The van der Waals surface area contributed by atoms with Crippen molar-refractivity contribution in [3.05, 3.63) is 47.7 Å². The molecule has 4 rings (SSSR count). The first-order chi connectivity index (χ1) is 16.4. The van der Waals surface area contributed by atoms with Crippen LogP contribution in [0.4, 0.5) is 5.69 Å². The average molecular weight is 482 g/mol. The number of aromatic nitrogens is 1. The second-order valence-electron chi connectivity index (χ2n) is 9.06. The van der Waals surface area contributed by atoms with Crippen LogP contribution in [0, 0.1) is 25.7 Å². The Hall–Kier alpha value is -2.87. The molecule has 1 aromatic heterocycles. The first-order valence-electron chi connectivity index (χ1n) is 11.8. The van der Waals surface area contributed by atoms with Crippen LogP contribution in [0.25, 0.3) is 0 Å². The monoisotopic (exact) mass is 481 g/mol. The Labute approximate surface area is 204 Å². The van der Waals surface area contributed by atoms with E-state index < -0.39 is 6.04 Å². The maximum Gasteiger partial charge on any atom is 0.247 e. The minimum Gasteiger partial charge on any atom is -0.439 e. The highest BCUT2D eigenvalue weighted by atomic mass is 32.2. The lowest BCUT2D eigenvalue weighted by atomic mass is 9.81. The van der Waals surface area contributed by atoms with E-state index in [2.05, 4.69) is 10.3 Å². The van der Waals surface area contributed by atoms with Crippen LogP contribution in [0.2, 0.25) is 0 Å². The smallest absolute Gasteiger partial charge is 0.247 e. The summed E-state index contributed by atoms with van der Waals surface area (Å²) in [5, 5.41) is 2.85. The molecule has 8 heteroatoms. The number of nitrogens with zero attached hydrogens (tertiary/aromatic N) is 2. The fourth-order valence-electron chi connectivity index (χ4n) is 4.74. The third-order valence-corrected chi connectivity index (χ3v) is 7.43. The van der Waals surface area contributed by atoms with E-state index in [0.29, 0.717) is 29.5 Å². The fraction of sp³-hybridized carbons (Fsp3) is 0.462. The average Bonchev–Trinajstić information content (AvgIpc) is 3.08. The number of pyridine rings is 1. The van der Waals surface area contributed by atoms with Crippen LogP contribution in [0.15, 0.2) is 36.5 Å². The zero-order valence-electron chi connectivity index (χ0n) is 19.9. The molecule has 0 radical (unpaired) electrons. The van der Waals surface area contributed by atoms with Crippen molar-refractivity contribution in [3.8, 4) is 11.6 Å². The van der Waals surface area contributed by atoms with E-state index in [1.54, 1.807) is 23.9 Å². The van der Waals surface area contributed by atoms with Crippen LogP contribution < -0.4 is 10.1 Å². The fourth-order valence-corrected chi connectivity index (χ4v) is 5.20. The summed E-state index contributed by atoms with van der Waals surface area (Å²) in [6.45, 7) is 4.06. The highest BCUT2D eigenvalue weighted by Crippen LogP contribution is 2.39. The SMILES string of the molecule is CSCCC(C(=O)Nc1ccc(Oc2ccc(C)c(C)c2)nc1)N1C(=O)C2CCCCC2C1=O. The molecular formula is C26H31N3O4S. The Morgan fingerprint density at radius 3 is 2.41 bits per heavy atom. The molecule has 34 heavy (non-hydrogen) atoms. The van der Waals surface area contributed by atoms with E-state index in [1.807, 2.05) is 38.3 Å². The predicted molar refractivity (Wildman–Crippen MR) is 133 cm³/mol. The Bertz CT molecular complexity index is 1050. The maximum atomic E-state index is 13.2. The van der Waals surface area contributed by atoms with Gasteiger partial charge in [0.15, 0.2) is 0 Å². The molecule has 2 fully saturated rings. The summed E-state index contributed by atoms with van der Waals surface area (Å²) in [6.07, 6.45) is 7.26. The van der Waals surface area contributed by atoms with Crippen molar-refractivity contribution in [3.63, 3.8) is 0 Å². The topological polar surface area (TPSA) is 88.6 Å². The van der Waals surface area contributed by atoms with Gasteiger partial charge in [-0.05, 0) is 74.4 Å². The molecule has 3 unspecified atom stereocenters. The number of thioether (sulfide) groups is 1. The molecule has 0 bridgehead atoms. The molecule has 1 aliphatic carbocycles. The number of hydrogen-bond donors (Lipinski definition) is 1. The lowest BCUT2D eigenvalue weighted by Gasteiger charge is -2.25. The number of likely N-dealkylation sites (tertiary alicyclic amines) is 1. The lowest BCUT2D eigenvalue weighted by molar-refractivity contribution is -0.146. The van der Waals surface area contributed by atoms with Crippen LogP contribution >= 0.6 is 11.8 Å². The van der Waals surface area contributed by atoms with Gasteiger partial charge >= 0.3 is 0 Å². The van der Waals surface area contributed by atoms with E-state index in [0.717, 1.165) is 31.2 Å². The molecule has 0 spiro atoms. The second-order valence-corrected chi connectivity index (χ2v) is 10.0. The second kappa shape index (κ2) is 10.6. The summed E-state index contributed by atoms with van der Waals surface area (Å²) < 4.78 is 5.81. The van der Waals surface area contributed by atoms with Gasteiger partial charge in [-0.25, -0.2) is 4.98 Å². The summed E-state index contributed by atoms with van der Waals surface area (Å²) >= 11 is 1.59. The minimum absolute atomic E-state index is 0.189. The molecule has 1 saturated heterocycles. The predicted octanol–water partition coefficient (Wildman–Crippen LogP) is 4.73. The van der Waals surface area contributed by atoms with Crippen molar-refractivity contribution in [2.24, 2.45) is 11.8 Å². The van der Waals surface area contributed by atoms with E-state index >= 15 is 0 Å². The summed E-state index contributed by atoms with van der Waals surface area (Å²) in [5.74, 6) is 0.497. The van der Waals surface area contributed by atoms with Gasteiger partial charge in [0.25, 0.3) is 0 Å². The molecule has 2 aromatic rings. The minimum atomic E-state index is -0.815. The van der Waals surface area contributed by atoms with Gasteiger partial charge in [-0.3, -0.25) is 19.3 Å². The number of benzene rings is 1. The molecule has 1 saturated carbocycles. The van der Waals surface area contributed by atoms with Gasteiger partial charge in [-0.1, -0.05) is 18.9 Å². The molecule has 180 valence electrons. The number of ether oxygens (including phenoxy) is 1. The van der Waals surface area contributed by atoms with Gasteiger partial charge in [-0.2, -0.15) is 11.8 Å². The largest absolute Gasteiger partial charge is 0.439 e. The van der Waals surface area contributed by atoms with Crippen LogP contribution in [-0.4, -0.2) is 45.7 Å². The van der Waals surface area contributed by atoms with E-state index in [9.17, 15) is 14.4 Å². The zero-order chi connectivity index (χ0) is 24.2. The van der Waals surface area contributed by atoms with Gasteiger partial charge in [0.05, 0.1) is 23.7 Å². The van der Waals surface area contributed by atoms with E-state index in [4.69, 9.17) is 4.74 Å². The van der Waals surface area contributed by atoms with Crippen molar-refractivity contribution in [1.82, 2.24) is 9.88 Å². The molecular weight excluding hydrogens is 450 g/mol. The highest BCUT2D eigenvalue weighted by Gasteiger charge is 2.51. The Balaban J connectivity index is 1.45. The van der Waals surface area contributed by atoms with Crippen molar-refractivity contribution in [2.75, 3.05) is 17.3 Å². The van der Waals surface area contributed by atoms with Gasteiger partial charge in [-0.15, -0.1) is 0 Å². The Morgan fingerprint density at radius 1 is 1.12 bits per heavy atom. The molecule has 3 amide bonds. The summed E-state index contributed by atoms with van der Waals surface area (Å²) in [6, 6.07) is 8.40. The number of anilines is 1. The van der Waals surface area contributed by atoms with E-state index in [-0.39, 0.29) is 29.6 Å². The number of imide groups is 1. The number of fused-ring (bicyclic) bond motifs is 1. The van der Waals surface area contributed by atoms with Crippen molar-refractivity contribution in [2.45, 2.75) is 52.0 Å². The Kier molecular flexibility index (Phi) is 7.56. The van der Waals surface area contributed by atoms with Crippen molar-refractivity contribution < 1.29 is 19.1 Å². The molecule has 2 aliphatic rings. The normalized spacial score (nSPS) is 20.7. The number of carbonyl (C=O) groups excluding carboxylic acids is 3. The standard InChI is InChI=1S/C26H31N3O4S/c1-16-8-10-19(14-17(16)2)33-23-11-9-18(15-27-23)28-24(30)22(12-13-34-3)29-25(31)20-6-4-5-7-21(20)26(29)32/h8-11,14-15,20-22H,4-7,12-13H2,1-3H3,(H,28,30). The zero-order valence-corrected chi connectivity index (χ0v) is 20.7. The molecule has 3 atom stereocenters. The third-order valence-electron chi connectivity index (χ3n) is 6.79. The summed E-state index contributed by atoms with van der Waals surface area (Å²) in [7, 11) is 0. The molecule has 2 heterocycles. The quantitative estimate of drug-likeness (QED) is 0.549. The van der Waals surface area contributed by atoms with Gasteiger partial charge in [0, 0.05) is 6.07 Å². The Morgan fingerprint density at radius 2 is 1.82 bits per heavy atom. The number of nitrogens with one attached hydrogen (secondary N) is 1. The number of aryl methyl sites for hydroxylation is 2. The third kappa shape index (κ3) is 5.12. The molecule has 1 aliphatic heterocycles. The van der Waals surface area contributed by atoms with Gasteiger partial charge in [0.1, 0.15) is 11.8 Å². The summed E-state index contributed by atoms with van der Waals surface area (Å²) in [5.41, 5.74) is 2.80. The first kappa shape index (κ1) is 24.3. The van der Waals surface area contributed by atoms with Crippen molar-refractivity contribution in [1.29, 1.82) is 0 Å². The van der Waals surface area contributed by atoms with Crippen LogP contribution in [0.3, 0.4) is 0 Å². The lowest BCUT2D eigenvalue weighted by Crippen LogP contribution is -2.48. The maximum absolute atomic E-state index is 13.2. The van der Waals surface area contributed by atoms with Crippen LogP contribution in [-0.2, 0) is 14.4 Å². The highest BCUT2D eigenvalue weighted by molar-refractivity contribution is 7.98.